The zero-order valence-electron chi connectivity index (χ0n) is 8.25. The average Bonchev–Trinajstić information content (AvgIpc) is 2.18. The minimum Gasteiger partial charge on any atom is -0.395 e. The van der Waals surface area contributed by atoms with Gasteiger partial charge in [0.1, 0.15) is 0 Å². The van der Waals surface area contributed by atoms with Crippen molar-refractivity contribution >= 4 is 0 Å². The van der Waals surface area contributed by atoms with E-state index in [2.05, 4.69) is 5.32 Å². The second-order valence-corrected chi connectivity index (χ2v) is 3.59. The topological polar surface area (TPSA) is 35.5 Å². The molecule has 0 bridgehead atoms. The average molecular weight is 208 g/mol. The Bertz CT molecular complexity index is 152. The summed E-state index contributed by atoms with van der Waals surface area (Å²) < 4.78 is 24.4. The Labute approximate surface area is 83.1 Å². The van der Waals surface area contributed by atoms with E-state index in [0.717, 1.165) is 25.9 Å². The van der Waals surface area contributed by atoms with Crippen molar-refractivity contribution in [1.82, 2.24) is 10.2 Å². The van der Waals surface area contributed by atoms with Crippen molar-refractivity contribution in [3.8, 4) is 0 Å². The molecule has 3 nitrogen and oxygen atoms in total. The van der Waals surface area contributed by atoms with Crippen molar-refractivity contribution in [2.75, 3.05) is 32.8 Å². The van der Waals surface area contributed by atoms with Crippen LogP contribution in [0.2, 0.25) is 0 Å². The molecule has 2 N–H and O–H groups in total. The van der Waals surface area contributed by atoms with Gasteiger partial charge in [-0.1, -0.05) is 0 Å². The van der Waals surface area contributed by atoms with Gasteiger partial charge in [0.25, 0.3) is 6.43 Å². The molecule has 1 heterocycles. The predicted molar refractivity (Wildman–Crippen MR) is 50.6 cm³/mol. The van der Waals surface area contributed by atoms with Gasteiger partial charge in [0.05, 0.1) is 13.2 Å². The normalized spacial score (nSPS) is 19.5. The molecule has 0 unspecified atom stereocenters. The SMILES string of the molecule is OCCN(CC(F)F)C1CCNCC1. The van der Waals surface area contributed by atoms with Gasteiger partial charge in [-0.2, -0.15) is 0 Å². The third-order valence-corrected chi connectivity index (χ3v) is 2.58. The second-order valence-electron chi connectivity index (χ2n) is 3.59. The van der Waals surface area contributed by atoms with Crippen LogP contribution in [0.25, 0.3) is 0 Å². The molecule has 1 aliphatic heterocycles. The van der Waals surface area contributed by atoms with Crippen LogP contribution in [0.5, 0.6) is 0 Å². The fourth-order valence-corrected chi connectivity index (χ4v) is 1.90. The number of nitrogens with zero attached hydrogens (tertiary/aromatic N) is 1. The Balaban J connectivity index is 2.38. The van der Waals surface area contributed by atoms with Crippen molar-refractivity contribution in [2.45, 2.75) is 25.3 Å². The number of aliphatic hydroxyl groups excluding tert-OH is 1. The van der Waals surface area contributed by atoms with Crippen molar-refractivity contribution in [2.24, 2.45) is 0 Å². The number of piperidine rings is 1. The highest BCUT2D eigenvalue weighted by Gasteiger charge is 2.22. The van der Waals surface area contributed by atoms with Gasteiger partial charge < -0.3 is 10.4 Å². The number of hydrogen-bond donors (Lipinski definition) is 2. The van der Waals surface area contributed by atoms with Crippen LogP contribution in [0.4, 0.5) is 8.78 Å². The summed E-state index contributed by atoms with van der Waals surface area (Å²) in [4.78, 5) is 1.70. The molecule has 0 amide bonds. The van der Waals surface area contributed by atoms with Gasteiger partial charge in [0.15, 0.2) is 0 Å². The third kappa shape index (κ3) is 3.86. The van der Waals surface area contributed by atoms with Crippen LogP contribution >= 0.6 is 0 Å². The first-order chi connectivity index (χ1) is 6.74. The molecule has 0 spiro atoms. The van der Waals surface area contributed by atoms with E-state index in [1.54, 1.807) is 4.90 Å². The fraction of sp³-hybridized carbons (Fsp3) is 1.00. The number of nitrogens with one attached hydrogen (secondary N) is 1. The molecular weight excluding hydrogens is 190 g/mol. The van der Waals surface area contributed by atoms with Gasteiger partial charge in [-0.25, -0.2) is 8.78 Å². The van der Waals surface area contributed by atoms with Gasteiger partial charge in [0.2, 0.25) is 0 Å². The van der Waals surface area contributed by atoms with Gasteiger partial charge in [-0.3, -0.25) is 4.90 Å². The summed E-state index contributed by atoms with van der Waals surface area (Å²) in [5.41, 5.74) is 0. The first-order valence-electron chi connectivity index (χ1n) is 5.08. The standard InChI is InChI=1S/C9H18F2N2O/c10-9(11)7-13(5-6-14)8-1-3-12-4-2-8/h8-9,12,14H,1-7H2. The van der Waals surface area contributed by atoms with E-state index in [9.17, 15) is 8.78 Å². The molecule has 1 rings (SSSR count). The Morgan fingerprint density at radius 1 is 1.36 bits per heavy atom. The highest BCUT2D eigenvalue weighted by atomic mass is 19.3. The summed E-state index contributed by atoms with van der Waals surface area (Å²) in [7, 11) is 0. The number of alkyl halides is 2. The Kier molecular flexibility index (Phi) is 5.29. The molecule has 1 aliphatic rings. The monoisotopic (exact) mass is 208 g/mol. The van der Waals surface area contributed by atoms with Crippen molar-refractivity contribution in [3.05, 3.63) is 0 Å². The van der Waals surface area contributed by atoms with E-state index >= 15 is 0 Å². The lowest BCUT2D eigenvalue weighted by Crippen LogP contribution is -2.46. The minimum atomic E-state index is -2.31. The van der Waals surface area contributed by atoms with E-state index in [1.807, 2.05) is 0 Å². The van der Waals surface area contributed by atoms with E-state index in [1.165, 1.54) is 0 Å². The van der Waals surface area contributed by atoms with Crippen LogP contribution < -0.4 is 5.32 Å². The van der Waals surface area contributed by atoms with Gasteiger partial charge in [0, 0.05) is 12.6 Å². The molecule has 0 aromatic heterocycles. The molecule has 1 fully saturated rings. The smallest absolute Gasteiger partial charge is 0.251 e. The number of halogens is 2. The first-order valence-corrected chi connectivity index (χ1v) is 5.08. The summed E-state index contributed by atoms with van der Waals surface area (Å²) in [6.45, 7) is 1.86. The number of hydrogen-bond acceptors (Lipinski definition) is 3. The lowest BCUT2D eigenvalue weighted by Gasteiger charge is -2.33. The Hall–Kier alpha value is -0.260. The van der Waals surface area contributed by atoms with Crippen LogP contribution in [0.1, 0.15) is 12.8 Å². The van der Waals surface area contributed by atoms with Crippen molar-refractivity contribution in [1.29, 1.82) is 0 Å². The third-order valence-electron chi connectivity index (χ3n) is 2.58. The molecule has 0 saturated carbocycles. The van der Waals surface area contributed by atoms with Gasteiger partial charge in [-0.15, -0.1) is 0 Å². The highest BCUT2D eigenvalue weighted by molar-refractivity contribution is 4.78. The summed E-state index contributed by atoms with van der Waals surface area (Å²) >= 11 is 0. The summed E-state index contributed by atoms with van der Waals surface area (Å²) in [5.74, 6) is 0. The Morgan fingerprint density at radius 3 is 2.50 bits per heavy atom. The molecule has 84 valence electrons. The molecule has 5 heteroatoms. The predicted octanol–water partition coefficient (Wildman–Crippen LogP) is 0.298. The van der Waals surface area contributed by atoms with E-state index < -0.39 is 6.43 Å². The molecule has 0 aromatic rings. The zero-order valence-corrected chi connectivity index (χ0v) is 8.25. The highest BCUT2D eigenvalue weighted by Crippen LogP contribution is 2.12. The maximum absolute atomic E-state index is 12.2. The van der Waals surface area contributed by atoms with E-state index in [4.69, 9.17) is 5.11 Å². The zero-order chi connectivity index (χ0) is 10.4. The molecule has 0 radical (unpaired) electrons. The Morgan fingerprint density at radius 2 is 2.00 bits per heavy atom. The van der Waals surface area contributed by atoms with Crippen molar-refractivity contribution in [3.63, 3.8) is 0 Å². The lowest BCUT2D eigenvalue weighted by atomic mass is 10.0. The van der Waals surface area contributed by atoms with Crippen LogP contribution in [0.15, 0.2) is 0 Å². The molecular formula is C9H18F2N2O. The number of aliphatic hydroxyl groups is 1. The summed E-state index contributed by atoms with van der Waals surface area (Å²) in [6.07, 6.45) is -0.518. The largest absolute Gasteiger partial charge is 0.395 e. The molecule has 1 saturated heterocycles. The first kappa shape index (κ1) is 11.8. The summed E-state index contributed by atoms with van der Waals surface area (Å²) in [5, 5.41) is 12.0. The van der Waals surface area contributed by atoms with Gasteiger partial charge >= 0.3 is 0 Å². The molecule has 14 heavy (non-hydrogen) atoms. The number of rotatable bonds is 5. The van der Waals surface area contributed by atoms with Crippen LogP contribution in [0.3, 0.4) is 0 Å². The molecule has 0 aliphatic carbocycles. The second kappa shape index (κ2) is 6.27. The van der Waals surface area contributed by atoms with Gasteiger partial charge in [-0.05, 0) is 25.9 Å². The molecule has 0 aromatic carbocycles. The quantitative estimate of drug-likeness (QED) is 0.682. The van der Waals surface area contributed by atoms with E-state index in [0.29, 0.717) is 6.54 Å². The lowest BCUT2D eigenvalue weighted by molar-refractivity contribution is 0.0461. The van der Waals surface area contributed by atoms with Crippen LogP contribution in [-0.2, 0) is 0 Å². The van der Waals surface area contributed by atoms with Crippen LogP contribution in [0, 0.1) is 0 Å². The summed E-state index contributed by atoms with van der Waals surface area (Å²) in [6, 6.07) is 0.206. The molecule has 0 atom stereocenters. The fourth-order valence-electron chi connectivity index (χ4n) is 1.90. The maximum Gasteiger partial charge on any atom is 0.251 e. The maximum atomic E-state index is 12.2. The van der Waals surface area contributed by atoms with Crippen molar-refractivity contribution < 1.29 is 13.9 Å². The van der Waals surface area contributed by atoms with E-state index in [-0.39, 0.29) is 19.2 Å². The minimum absolute atomic E-state index is 0.0450. The van der Waals surface area contributed by atoms with Crippen LogP contribution in [-0.4, -0.2) is 55.3 Å².